The minimum atomic E-state index is -0.129. The molecule has 2 heterocycles. The zero-order valence-electron chi connectivity index (χ0n) is 7.68. The normalized spacial score (nSPS) is 29.2. The van der Waals surface area contributed by atoms with Crippen molar-refractivity contribution < 1.29 is 5.11 Å². The first-order valence-corrected chi connectivity index (χ1v) is 5.48. The summed E-state index contributed by atoms with van der Waals surface area (Å²) in [6.07, 6.45) is 2.56. The van der Waals surface area contributed by atoms with Gasteiger partial charge in [0.05, 0.1) is 6.10 Å². The zero-order valence-corrected chi connectivity index (χ0v) is 8.50. The summed E-state index contributed by atoms with van der Waals surface area (Å²) in [5.41, 5.74) is 0. The van der Waals surface area contributed by atoms with Gasteiger partial charge in [-0.2, -0.15) is 0 Å². The molecule has 1 aromatic rings. The van der Waals surface area contributed by atoms with E-state index < -0.39 is 0 Å². The molecule has 1 N–H and O–H groups in total. The van der Waals surface area contributed by atoms with E-state index in [2.05, 4.69) is 16.8 Å². The number of hydrogen-bond acceptors (Lipinski definition) is 4. The molecule has 4 heteroatoms. The molecule has 1 fully saturated rings. The minimum Gasteiger partial charge on any atom is -0.393 e. The second-order valence-corrected chi connectivity index (χ2v) is 4.47. The van der Waals surface area contributed by atoms with Crippen LogP contribution < -0.4 is 4.90 Å². The quantitative estimate of drug-likeness (QED) is 0.740. The number of hydrogen-bond donors (Lipinski definition) is 1. The van der Waals surface area contributed by atoms with Gasteiger partial charge in [-0.05, 0) is 12.3 Å². The number of anilines is 1. The first kappa shape index (κ1) is 8.97. The van der Waals surface area contributed by atoms with Gasteiger partial charge in [0, 0.05) is 24.7 Å². The van der Waals surface area contributed by atoms with Gasteiger partial charge in [0.2, 0.25) is 0 Å². The summed E-state index contributed by atoms with van der Waals surface area (Å²) in [4.78, 5) is 6.51. The van der Waals surface area contributed by atoms with Gasteiger partial charge >= 0.3 is 0 Å². The molecule has 3 nitrogen and oxygen atoms in total. The fourth-order valence-electron chi connectivity index (χ4n) is 1.68. The second kappa shape index (κ2) is 3.64. The number of aliphatic hydroxyl groups is 1. The monoisotopic (exact) mass is 198 g/mol. The van der Waals surface area contributed by atoms with Crippen molar-refractivity contribution in [2.24, 2.45) is 5.92 Å². The molecule has 1 aliphatic heterocycles. The third kappa shape index (κ3) is 1.84. The molecule has 0 bridgehead atoms. The molecule has 0 amide bonds. The first-order chi connectivity index (χ1) is 6.27. The highest BCUT2D eigenvalue weighted by Crippen LogP contribution is 2.24. The summed E-state index contributed by atoms with van der Waals surface area (Å²) in [5.74, 6) is 0.359. The summed E-state index contributed by atoms with van der Waals surface area (Å²) in [6.45, 7) is 3.94. The van der Waals surface area contributed by atoms with E-state index in [1.807, 2.05) is 11.6 Å². The van der Waals surface area contributed by atoms with Crippen molar-refractivity contribution >= 4 is 16.5 Å². The van der Waals surface area contributed by atoms with Gasteiger partial charge < -0.3 is 10.0 Å². The number of thiazole rings is 1. The molecule has 0 radical (unpaired) electrons. The fourth-order valence-corrected chi connectivity index (χ4v) is 2.36. The zero-order chi connectivity index (χ0) is 9.26. The van der Waals surface area contributed by atoms with Crippen LogP contribution in [0, 0.1) is 5.92 Å². The molecule has 2 unspecified atom stereocenters. The highest BCUT2D eigenvalue weighted by Gasteiger charge is 2.25. The van der Waals surface area contributed by atoms with Gasteiger partial charge in [-0.3, -0.25) is 0 Å². The van der Waals surface area contributed by atoms with Crippen molar-refractivity contribution in [3.8, 4) is 0 Å². The van der Waals surface area contributed by atoms with Crippen LogP contribution in [0.5, 0.6) is 0 Å². The predicted octanol–water partition coefficient (Wildman–Crippen LogP) is 1.35. The van der Waals surface area contributed by atoms with E-state index in [4.69, 9.17) is 0 Å². The second-order valence-electron chi connectivity index (χ2n) is 3.59. The van der Waals surface area contributed by atoms with Crippen LogP contribution in [0.15, 0.2) is 11.6 Å². The Hall–Kier alpha value is -0.610. The molecule has 13 heavy (non-hydrogen) atoms. The standard InChI is InChI=1S/C9H14N2OS/c1-7-6-11(4-2-8(7)12)9-10-3-5-13-9/h3,5,7-8,12H,2,4,6H2,1H3. The maximum absolute atomic E-state index is 9.55. The Bertz CT molecular complexity index is 263. The van der Waals surface area contributed by atoms with Gasteiger partial charge in [0.1, 0.15) is 0 Å². The molecule has 0 aliphatic carbocycles. The van der Waals surface area contributed by atoms with Crippen molar-refractivity contribution in [1.29, 1.82) is 0 Å². The molecular formula is C9H14N2OS. The molecule has 72 valence electrons. The topological polar surface area (TPSA) is 36.4 Å². The van der Waals surface area contributed by atoms with Crippen LogP contribution in [-0.2, 0) is 0 Å². The van der Waals surface area contributed by atoms with Crippen molar-refractivity contribution in [1.82, 2.24) is 4.98 Å². The number of rotatable bonds is 1. The van der Waals surface area contributed by atoms with Crippen LogP contribution in [-0.4, -0.2) is 29.3 Å². The lowest BCUT2D eigenvalue weighted by molar-refractivity contribution is 0.0971. The smallest absolute Gasteiger partial charge is 0.185 e. The average Bonchev–Trinajstić information content (AvgIpc) is 2.62. The van der Waals surface area contributed by atoms with E-state index in [-0.39, 0.29) is 6.10 Å². The fraction of sp³-hybridized carbons (Fsp3) is 0.667. The lowest BCUT2D eigenvalue weighted by Gasteiger charge is -2.34. The molecule has 2 atom stereocenters. The minimum absolute atomic E-state index is 0.129. The molecular weight excluding hydrogens is 184 g/mol. The van der Waals surface area contributed by atoms with Crippen molar-refractivity contribution in [3.05, 3.63) is 11.6 Å². The van der Waals surface area contributed by atoms with Crippen LogP contribution in [0.4, 0.5) is 5.13 Å². The van der Waals surface area contributed by atoms with Crippen LogP contribution in [0.2, 0.25) is 0 Å². The average molecular weight is 198 g/mol. The molecule has 1 aromatic heterocycles. The predicted molar refractivity (Wildman–Crippen MR) is 54.1 cm³/mol. The number of aliphatic hydroxyl groups excluding tert-OH is 1. The van der Waals surface area contributed by atoms with E-state index in [0.29, 0.717) is 5.92 Å². The lowest BCUT2D eigenvalue weighted by Crippen LogP contribution is -2.41. The van der Waals surface area contributed by atoms with Gasteiger partial charge in [0.25, 0.3) is 0 Å². The van der Waals surface area contributed by atoms with E-state index >= 15 is 0 Å². The third-order valence-corrected chi connectivity index (χ3v) is 3.38. The summed E-state index contributed by atoms with van der Waals surface area (Å²) in [6, 6.07) is 0. The Kier molecular flexibility index (Phi) is 2.51. The third-order valence-electron chi connectivity index (χ3n) is 2.55. The molecule has 2 rings (SSSR count). The number of piperidine rings is 1. The van der Waals surface area contributed by atoms with E-state index in [9.17, 15) is 5.11 Å². The summed E-state index contributed by atoms with van der Waals surface area (Å²) >= 11 is 1.67. The van der Waals surface area contributed by atoms with Crippen LogP contribution in [0.25, 0.3) is 0 Å². The Morgan fingerprint density at radius 3 is 3.15 bits per heavy atom. The molecule has 1 saturated heterocycles. The van der Waals surface area contributed by atoms with E-state index in [0.717, 1.165) is 24.6 Å². The number of nitrogens with zero attached hydrogens (tertiary/aromatic N) is 2. The van der Waals surface area contributed by atoms with Gasteiger partial charge in [0.15, 0.2) is 5.13 Å². The summed E-state index contributed by atoms with van der Waals surface area (Å²) in [7, 11) is 0. The van der Waals surface area contributed by atoms with Gasteiger partial charge in [-0.1, -0.05) is 6.92 Å². The Morgan fingerprint density at radius 2 is 2.54 bits per heavy atom. The highest BCUT2D eigenvalue weighted by atomic mass is 32.1. The van der Waals surface area contributed by atoms with Crippen molar-refractivity contribution in [3.63, 3.8) is 0 Å². The largest absolute Gasteiger partial charge is 0.393 e. The maximum atomic E-state index is 9.55. The summed E-state index contributed by atoms with van der Waals surface area (Å²) < 4.78 is 0. The van der Waals surface area contributed by atoms with Gasteiger partial charge in [-0.25, -0.2) is 4.98 Å². The van der Waals surface area contributed by atoms with Crippen molar-refractivity contribution in [2.45, 2.75) is 19.4 Å². The Balaban J connectivity index is 2.03. The maximum Gasteiger partial charge on any atom is 0.185 e. The number of aromatic nitrogens is 1. The van der Waals surface area contributed by atoms with Crippen LogP contribution >= 0.6 is 11.3 Å². The van der Waals surface area contributed by atoms with E-state index in [1.165, 1.54) is 0 Å². The van der Waals surface area contributed by atoms with Gasteiger partial charge in [-0.15, -0.1) is 11.3 Å². The van der Waals surface area contributed by atoms with E-state index in [1.54, 1.807) is 11.3 Å². The lowest BCUT2D eigenvalue weighted by atomic mass is 9.97. The molecule has 0 spiro atoms. The molecule has 0 aromatic carbocycles. The van der Waals surface area contributed by atoms with Crippen LogP contribution in [0.3, 0.4) is 0 Å². The highest BCUT2D eigenvalue weighted by molar-refractivity contribution is 7.13. The Morgan fingerprint density at radius 1 is 1.69 bits per heavy atom. The van der Waals surface area contributed by atoms with Crippen LogP contribution in [0.1, 0.15) is 13.3 Å². The first-order valence-electron chi connectivity index (χ1n) is 4.60. The SMILES string of the molecule is CC1CN(c2nccs2)CCC1O. The van der Waals surface area contributed by atoms with Crippen molar-refractivity contribution in [2.75, 3.05) is 18.0 Å². The molecule has 1 aliphatic rings. The summed E-state index contributed by atoms with van der Waals surface area (Å²) in [5, 5.41) is 12.6. The Labute approximate surface area is 82.0 Å². The molecule has 0 saturated carbocycles.